The Balaban J connectivity index is 1.87. The van der Waals surface area contributed by atoms with E-state index in [0.29, 0.717) is 5.88 Å². The molecule has 0 unspecified atom stereocenters. The van der Waals surface area contributed by atoms with Crippen molar-refractivity contribution < 1.29 is 0 Å². The molecule has 0 aliphatic heterocycles. The third-order valence-corrected chi connectivity index (χ3v) is 10.5. The molecule has 0 fully saturated rings. The van der Waals surface area contributed by atoms with Gasteiger partial charge < -0.3 is 0 Å². The molecule has 0 aliphatic carbocycles. The summed E-state index contributed by atoms with van der Waals surface area (Å²) in [5, 5.41) is 7.06. The van der Waals surface area contributed by atoms with Crippen molar-refractivity contribution in [2.45, 2.75) is 12.8 Å². The molecule has 0 radical (unpaired) electrons. The van der Waals surface area contributed by atoms with Crippen LogP contribution < -0.4 is 21.2 Å². The summed E-state index contributed by atoms with van der Waals surface area (Å²) < 4.78 is 0. The molecule has 4 rings (SSSR count). The molecular formula is C29H27ClP2. The number of hydrogen-bond donors (Lipinski definition) is 0. The minimum atomic E-state index is -0.620. The summed E-state index contributed by atoms with van der Waals surface area (Å²) in [6.07, 6.45) is 2.00. The summed E-state index contributed by atoms with van der Waals surface area (Å²) in [4.78, 5) is 0. The van der Waals surface area contributed by atoms with Crippen molar-refractivity contribution in [2.24, 2.45) is 0 Å². The summed E-state index contributed by atoms with van der Waals surface area (Å²) in [7, 11) is -1.23. The molecule has 0 bridgehead atoms. The van der Waals surface area contributed by atoms with Crippen LogP contribution in [0.2, 0.25) is 0 Å². The highest BCUT2D eigenvalue weighted by Gasteiger charge is 2.21. The summed E-state index contributed by atoms with van der Waals surface area (Å²) in [6, 6.07) is 43.8. The zero-order valence-corrected chi connectivity index (χ0v) is 20.6. The van der Waals surface area contributed by atoms with Crippen molar-refractivity contribution >= 4 is 48.7 Å². The lowest BCUT2D eigenvalue weighted by Crippen LogP contribution is -2.15. The van der Waals surface area contributed by atoms with Crippen LogP contribution in [-0.2, 0) is 0 Å². The van der Waals surface area contributed by atoms with Gasteiger partial charge in [-0.15, -0.1) is 11.6 Å². The van der Waals surface area contributed by atoms with E-state index in [-0.39, 0.29) is 0 Å². The van der Waals surface area contributed by atoms with Crippen LogP contribution in [0.1, 0.15) is 12.8 Å². The Labute approximate surface area is 199 Å². The molecule has 0 aromatic heterocycles. The number of hydrogen-bond acceptors (Lipinski definition) is 0. The fourth-order valence-electron chi connectivity index (χ4n) is 3.74. The van der Waals surface area contributed by atoms with E-state index < -0.39 is 15.8 Å². The maximum atomic E-state index is 6.20. The highest BCUT2D eigenvalue weighted by Crippen LogP contribution is 2.50. The van der Waals surface area contributed by atoms with Gasteiger partial charge in [0, 0.05) is 5.88 Å². The Kier molecular flexibility index (Phi) is 8.70. The SMILES string of the molecule is ClCCC/C(=C/P(c1ccccc1)c1ccccc1)P(c1ccccc1)c1ccccc1. The molecule has 0 nitrogen and oxygen atoms in total. The molecule has 3 heteroatoms. The Morgan fingerprint density at radius 2 is 0.938 bits per heavy atom. The van der Waals surface area contributed by atoms with Crippen molar-refractivity contribution in [1.82, 2.24) is 0 Å². The average molecular weight is 473 g/mol. The van der Waals surface area contributed by atoms with E-state index in [0.717, 1.165) is 12.8 Å². The Morgan fingerprint density at radius 3 is 1.31 bits per heavy atom. The Bertz CT molecular complexity index is 1020. The van der Waals surface area contributed by atoms with E-state index in [1.54, 1.807) is 0 Å². The first kappa shape index (κ1) is 22.9. The number of alkyl halides is 1. The second kappa shape index (κ2) is 12.1. The molecule has 160 valence electrons. The van der Waals surface area contributed by atoms with Gasteiger partial charge >= 0.3 is 0 Å². The quantitative estimate of drug-likeness (QED) is 0.180. The molecule has 0 atom stereocenters. The molecule has 0 amide bonds. The number of allylic oxidation sites excluding steroid dienone is 1. The number of halogens is 1. The van der Waals surface area contributed by atoms with Gasteiger partial charge in [0.25, 0.3) is 0 Å². The molecular weight excluding hydrogens is 446 g/mol. The van der Waals surface area contributed by atoms with Crippen LogP contribution in [0.15, 0.2) is 132 Å². The lowest BCUT2D eigenvalue weighted by Gasteiger charge is -2.25. The zero-order chi connectivity index (χ0) is 22.0. The highest BCUT2D eigenvalue weighted by atomic mass is 35.5. The van der Waals surface area contributed by atoms with Gasteiger partial charge in [0.05, 0.1) is 0 Å². The van der Waals surface area contributed by atoms with Gasteiger partial charge in [-0.1, -0.05) is 121 Å². The fourth-order valence-corrected chi connectivity index (χ4v) is 8.98. The second-order valence-corrected chi connectivity index (χ2v) is 12.1. The first-order valence-corrected chi connectivity index (χ1v) is 14.2. The topological polar surface area (TPSA) is 0 Å². The first-order valence-electron chi connectivity index (χ1n) is 10.9. The van der Waals surface area contributed by atoms with Gasteiger partial charge in [0.1, 0.15) is 0 Å². The first-order chi connectivity index (χ1) is 15.9. The molecule has 0 aliphatic rings. The minimum Gasteiger partial charge on any atom is -0.127 e. The Hall–Kier alpha value is -2.23. The third kappa shape index (κ3) is 5.96. The van der Waals surface area contributed by atoms with Crippen LogP contribution in [0.5, 0.6) is 0 Å². The second-order valence-electron chi connectivity index (χ2n) is 7.46. The molecule has 32 heavy (non-hydrogen) atoms. The molecule has 0 N–H and O–H groups in total. The predicted molar refractivity (Wildman–Crippen MR) is 146 cm³/mol. The predicted octanol–water partition coefficient (Wildman–Crippen LogP) is 7.11. The average Bonchev–Trinajstić information content (AvgIpc) is 2.88. The van der Waals surface area contributed by atoms with E-state index in [9.17, 15) is 0 Å². The van der Waals surface area contributed by atoms with Gasteiger partial charge in [-0.3, -0.25) is 0 Å². The summed E-state index contributed by atoms with van der Waals surface area (Å²) in [5.74, 6) is 3.26. The number of rotatable bonds is 9. The zero-order valence-electron chi connectivity index (χ0n) is 18.0. The largest absolute Gasteiger partial charge is 0.127 e. The maximum absolute atomic E-state index is 6.20. The lowest BCUT2D eigenvalue weighted by molar-refractivity contribution is 0.955. The standard InChI is InChI=1S/C29H27ClP2/c30-23-13-22-29(32(27-18-9-3-10-19-27)28-20-11-4-12-21-28)24-31(25-14-5-1-6-15-25)26-16-7-2-8-17-26/h1-12,14-21,24H,13,22-23H2/b29-24-. The molecule has 0 saturated heterocycles. The maximum Gasteiger partial charge on any atom is 0.0226 e. The van der Waals surface area contributed by atoms with Crippen LogP contribution in [0.4, 0.5) is 0 Å². The minimum absolute atomic E-state index is 0.609. The summed E-state index contributed by atoms with van der Waals surface area (Å²) in [5.41, 5.74) is 0. The monoisotopic (exact) mass is 472 g/mol. The van der Waals surface area contributed by atoms with Gasteiger partial charge in [-0.2, -0.15) is 0 Å². The van der Waals surface area contributed by atoms with Crippen LogP contribution in [0, 0.1) is 0 Å². The van der Waals surface area contributed by atoms with E-state index in [1.807, 2.05) is 0 Å². The fraction of sp³-hybridized carbons (Fsp3) is 0.103. The van der Waals surface area contributed by atoms with E-state index >= 15 is 0 Å². The van der Waals surface area contributed by atoms with Gasteiger partial charge in [0.2, 0.25) is 0 Å². The van der Waals surface area contributed by atoms with Crippen molar-refractivity contribution in [3.63, 3.8) is 0 Å². The van der Waals surface area contributed by atoms with E-state index in [2.05, 4.69) is 127 Å². The molecule has 0 heterocycles. The number of benzene rings is 4. The third-order valence-electron chi connectivity index (χ3n) is 5.23. The van der Waals surface area contributed by atoms with E-state index in [4.69, 9.17) is 11.6 Å². The normalized spacial score (nSPS) is 11.8. The lowest BCUT2D eigenvalue weighted by atomic mass is 10.3. The smallest absolute Gasteiger partial charge is 0.0226 e. The molecule has 4 aromatic carbocycles. The van der Waals surface area contributed by atoms with Crippen LogP contribution >= 0.6 is 27.4 Å². The summed E-state index contributed by atoms with van der Waals surface area (Å²) >= 11 is 6.20. The van der Waals surface area contributed by atoms with Crippen molar-refractivity contribution in [3.8, 4) is 0 Å². The van der Waals surface area contributed by atoms with Crippen molar-refractivity contribution in [3.05, 3.63) is 132 Å². The molecule has 4 aromatic rings. The van der Waals surface area contributed by atoms with Crippen LogP contribution in [0.3, 0.4) is 0 Å². The van der Waals surface area contributed by atoms with Crippen molar-refractivity contribution in [2.75, 3.05) is 5.88 Å². The summed E-state index contributed by atoms with van der Waals surface area (Å²) in [6.45, 7) is 0. The van der Waals surface area contributed by atoms with Crippen molar-refractivity contribution in [1.29, 1.82) is 0 Å². The van der Waals surface area contributed by atoms with E-state index in [1.165, 1.54) is 26.5 Å². The molecule has 0 saturated carbocycles. The van der Waals surface area contributed by atoms with Crippen LogP contribution in [0.25, 0.3) is 0 Å². The Morgan fingerprint density at radius 1 is 0.562 bits per heavy atom. The van der Waals surface area contributed by atoms with Gasteiger partial charge in [-0.05, 0) is 61.0 Å². The van der Waals surface area contributed by atoms with Crippen LogP contribution in [-0.4, -0.2) is 5.88 Å². The van der Waals surface area contributed by atoms with Gasteiger partial charge in [-0.25, -0.2) is 0 Å². The van der Waals surface area contributed by atoms with Gasteiger partial charge in [0.15, 0.2) is 0 Å². The molecule has 0 spiro atoms. The highest BCUT2D eigenvalue weighted by molar-refractivity contribution is 7.80.